The minimum Gasteiger partial charge on any atom is -0.482 e. The van der Waals surface area contributed by atoms with Gasteiger partial charge in [-0.1, -0.05) is 36.4 Å². The summed E-state index contributed by atoms with van der Waals surface area (Å²) in [5, 5.41) is 0. The van der Waals surface area contributed by atoms with E-state index in [1.54, 1.807) is 30.3 Å². The molecule has 128 valence electrons. The highest BCUT2D eigenvalue weighted by molar-refractivity contribution is 5.80. The Kier molecular flexibility index (Phi) is 4.35. The van der Waals surface area contributed by atoms with Gasteiger partial charge in [0.15, 0.2) is 12.2 Å². The first-order chi connectivity index (χ1) is 12.8. The van der Waals surface area contributed by atoms with Gasteiger partial charge in [-0.25, -0.2) is 9.78 Å². The molecule has 0 spiro atoms. The molecule has 5 nitrogen and oxygen atoms in total. The Morgan fingerprint density at radius 2 is 1.62 bits per heavy atom. The van der Waals surface area contributed by atoms with Crippen LogP contribution in [0.3, 0.4) is 0 Å². The fraction of sp³-hybridized carbons (Fsp3) is 0.0476. The van der Waals surface area contributed by atoms with E-state index >= 15 is 0 Å². The molecule has 1 heterocycles. The molecule has 0 fully saturated rings. The number of nitrogens with zero attached hydrogens (tertiary/aromatic N) is 1. The van der Waals surface area contributed by atoms with E-state index in [2.05, 4.69) is 4.98 Å². The predicted molar refractivity (Wildman–Crippen MR) is 97.0 cm³/mol. The normalized spacial score (nSPS) is 10.6. The van der Waals surface area contributed by atoms with Crippen LogP contribution in [0.15, 0.2) is 83.3 Å². The summed E-state index contributed by atoms with van der Waals surface area (Å²) in [7, 11) is 0. The third-order valence-electron chi connectivity index (χ3n) is 3.71. The second-order valence-corrected chi connectivity index (χ2v) is 5.59. The monoisotopic (exact) mass is 345 g/mol. The zero-order valence-electron chi connectivity index (χ0n) is 13.8. The molecule has 26 heavy (non-hydrogen) atoms. The molecule has 1 aromatic heterocycles. The van der Waals surface area contributed by atoms with Crippen LogP contribution < -0.4 is 9.47 Å². The van der Waals surface area contributed by atoms with Crippen molar-refractivity contribution in [1.29, 1.82) is 0 Å². The number of hydrogen-bond donors (Lipinski definition) is 0. The summed E-state index contributed by atoms with van der Waals surface area (Å²) in [4.78, 5) is 16.4. The lowest BCUT2D eigenvalue weighted by atomic mass is 10.2. The number of benzene rings is 3. The first kappa shape index (κ1) is 15.9. The van der Waals surface area contributed by atoms with Gasteiger partial charge in [0.25, 0.3) is 0 Å². The summed E-state index contributed by atoms with van der Waals surface area (Å²) in [5.41, 5.74) is 2.14. The SMILES string of the molecule is O=C(COc1ccccc1)Oc1ccc2nc(-c3ccccc3)oc2c1. The predicted octanol–water partition coefficient (Wildman–Crippen LogP) is 4.48. The van der Waals surface area contributed by atoms with Crippen molar-refractivity contribution in [1.82, 2.24) is 4.98 Å². The van der Waals surface area contributed by atoms with Crippen molar-refractivity contribution in [3.63, 3.8) is 0 Å². The molecule has 0 bridgehead atoms. The molecule has 4 aromatic rings. The van der Waals surface area contributed by atoms with Gasteiger partial charge >= 0.3 is 5.97 Å². The number of oxazole rings is 1. The smallest absolute Gasteiger partial charge is 0.349 e. The average molecular weight is 345 g/mol. The summed E-state index contributed by atoms with van der Waals surface area (Å²) in [6.45, 7) is -0.173. The Morgan fingerprint density at radius 3 is 2.38 bits per heavy atom. The molecule has 0 radical (unpaired) electrons. The highest BCUT2D eigenvalue weighted by Crippen LogP contribution is 2.27. The van der Waals surface area contributed by atoms with E-state index in [1.807, 2.05) is 48.5 Å². The number of esters is 1. The highest BCUT2D eigenvalue weighted by Gasteiger charge is 2.11. The van der Waals surface area contributed by atoms with E-state index < -0.39 is 5.97 Å². The van der Waals surface area contributed by atoms with Gasteiger partial charge in [0.2, 0.25) is 5.89 Å². The molecule has 3 aromatic carbocycles. The summed E-state index contributed by atoms with van der Waals surface area (Å²) >= 11 is 0. The lowest BCUT2D eigenvalue weighted by molar-refractivity contribution is -0.136. The average Bonchev–Trinajstić information content (AvgIpc) is 3.11. The molecule has 4 rings (SSSR count). The molecule has 0 aliphatic heterocycles. The number of para-hydroxylation sites is 1. The van der Waals surface area contributed by atoms with Crippen LogP contribution in [0.1, 0.15) is 0 Å². The molecule has 0 amide bonds. The van der Waals surface area contributed by atoms with E-state index in [9.17, 15) is 4.79 Å². The first-order valence-corrected chi connectivity index (χ1v) is 8.12. The second kappa shape index (κ2) is 7.11. The van der Waals surface area contributed by atoms with Crippen LogP contribution in [-0.4, -0.2) is 17.6 Å². The van der Waals surface area contributed by atoms with Crippen LogP contribution in [0.25, 0.3) is 22.6 Å². The zero-order valence-corrected chi connectivity index (χ0v) is 13.8. The molecule has 0 atom stereocenters. The molecular weight excluding hydrogens is 330 g/mol. The van der Waals surface area contributed by atoms with Gasteiger partial charge in [0, 0.05) is 11.6 Å². The minimum absolute atomic E-state index is 0.173. The lowest BCUT2D eigenvalue weighted by Crippen LogP contribution is -2.17. The van der Waals surface area contributed by atoms with Crippen LogP contribution in [0.2, 0.25) is 0 Å². The molecule has 0 saturated heterocycles. The van der Waals surface area contributed by atoms with Crippen LogP contribution in [-0.2, 0) is 4.79 Å². The second-order valence-electron chi connectivity index (χ2n) is 5.59. The van der Waals surface area contributed by atoms with Crippen molar-refractivity contribution >= 4 is 17.1 Å². The van der Waals surface area contributed by atoms with Crippen molar-refractivity contribution in [2.45, 2.75) is 0 Å². The first-order valence-electron chi connectivity index (χ1n) is 8.12. The van der Waals surface area contributed by atoms with Crippen LogP contribution in [0.4, 0.5) is 0 Å². The maximum atomic E-state index is 12.0. The van der Waals surface area contributed by atoms with E-state index in [-0.39, 0.29) is 6.61 Å². The Bertz CT molecular complexity index is 1030. The Morgan fingerprint density at radius 1 is 0.885 bits per heavy atom. The molecule has 5 heteroatoms. The number of fused-ring (bicyclic) bond motifs is 1. The summed E-state index contributed by atoms with van der Waals surface area (Å²) < 4.78 is 16.5. The van der Waals surface area contributed by atoms with Gasteiger partial charge in [-0.05, 0) is 36.4 Å². The largest absolute Gasteiger partial charge is 0.482 e. The van der Waals surface area contributed by atoms with Gasteiger partial charge in [-0.3, -0.25) is 0 Å². The van der Waals surface area contributed by atoms with E-state index in [0.29, 0.717) is 28.5 Å². The number of hydrogen-bond acceptors (Lipinski definition) is 5. The van der Waals surface area contributed by atoms with Crippen molar-refractivity contribution in [2.75, 3.05) is 6.61 Å². The van der Waals surface area contributed by atoms with Crippen LogP contribution in [0, 0.1) is 0 Å². The van der Waals surface area contributed by atoms with Gasteiger partial charge in [0.1, 0.15) is 17.0 Å². The van der Waals surface area contributed by atoms with Crippen molar-refractivity contribution in [3.8, 4) is 23.0 Å². The Balaban J connectivity index is 1.46. The Labute approximate surface area is 149 Å². The van der Waals surface area contributed by atoms with Gasteiger partial charge < -0.3 is 13.9 Å². The maximum Gasteiger partial charge on any atom is 0.349 e. The molecule has 0 N–H and O–H groups in total. The number of rotatable bonds is 5. The maximum absolute atomic E-state index is 12.0. The number of carbonyl (C=O) groups excluding carboxylic acids is 1. The summed E-state index contributed by atoms with van der Waals surface area (Å²) in [6, 6.07) is 23.8. The summed E-state index contributed by atoms with van der Waals surface area (Å²) in [5.74, 6) is 1.03. The topological polar surface area (TPSA) is 61.6 Å². The van der Waals surface area contributed by atoms with Crippen molar-refractivity contribution in [2.24, 2.45) is 0 Å². The van der Waals surface area contributed by atoms with E-state index in [1.165, 1.54) is 0 Å². The standard InChI is InChI=1S/C21H15NO4/c23-20(14-24-16-9-5-2-6-10-16)25-17-11-12-18-19(13-17)26-21(22-18)15-7-3-1-4-8-15/h1-13H,14H2. The quantitative estimate of drug-likeness (QED) is 0.394. The molecule has 0 aliphatic carbocycles. The third kappa shape index (κ3) is 3.57. The van der Waals surface area contributed by atoms with E-state index in [0.717, 1.165) is 5.56 Å². The molecule has 0 aliphatic rings. The van der Waals surface area contributed by atoms with Crippen LogP contribution >= 0.6 is 0 Å². The zero-order chi connectivity index (χ0) is 17.8. The van der Waals surface area contributed by atoms with Gasteiger partial charge in [-0.2, -0.15) is 0 Å². The highest BCUT2D eigenvalue weighted by atomic mass is 16.6. The number of carbonyl (C=O) groups is 1. The minimum atomic E-state index is -0.490. The fourth-order valence-corrected chi connectivity index (χ4v) is 2.49. The lowest BCUT2D eigenvalue weighted by Gasteiger charge is -2.06. The molecule has 0 saturated carbocycles. The van der Waals surface area contributed by atoms with Crippen molar-refractivity contribution in [3.05, 3.63) is 78.9 Å². The fourth-order valence-electron chi connectivity index (χ4n) is 2.49. The van der Waals surface area contributed by atoms with Crippen molar-refractivity contribution < 1.29 is 18.7 Å². The van der Waals surface area contributed by atoms with E-state index in [4.69, 9.17) is 13.9 Å². The van der Waals surface area contributed by atoms with Gasteiger partial charge in [-0.15, -0.1) is 0 Å². The number of ether oxygens (including phenoxy) is 2. The molecular formula is C21H15NO4. The summed E-state index contributed by atoms with van der Waals surface area (Å²) in [6.07, 6.45) is 0. The third-order valence-corrected chi connectivity index (χ3v) is 3.71. The Hall–Kier alpha value is -3.60. The van der Waals surface area contributed by atoms with Crippen LogP contribution in [0.5, 0.6) is 11.5 Å². The van der Waals surface area contributed by atoms with Gasteiger partial charge in [0.05, 0.1) is 0 Å². The number of aromatic nitrogens is 1. The molecule has 0 unspecified atom stereocenters.